The van der Waals surface area contributed by atoms with Crippen LogP contribution < -0.4 is 5.32 Å². The first kappa shape index (κ1) is 12.1. The molecule has 100 valence electrons. The molecule has 1 saturated carbocycles. The van der Waals surface area contributed by atoms with Crippen molar-refractivity contribution < 1.29 is 4.52 Å². The Hall–Kier alpha value is -0.940. The van der Waals surface area contributed by atoms with Crippen LogP contribution in [0.4, 0.5) is 0 Å². The van der Waals surface area contributed by atoms with Gasteiger partial charge in [-0.15, -0.1) is 0 Å². The second-order valence-corrected chi connectivity index (χ2v) is 5.62. The van der Waals surface area contributed by atoms with Crippen LogP contribution in [0.2, 0.25) is 0 Å². The van der Waals surface area contributed by atoms with E-state index in [0.717, 1.165) is 30.7 Å². The molecular formula is C13H22N4O. The van der Waals surface area contributed by atoms with Gasteiger partial charge in [-0.05, 0) is 38.3 Å². The van der Waals surface area contributed by atoms with Crippen molar-refractivity contribution in [3.63, 3.8) is 0 Å². The van der Waals surface area contributed by atoms with E-state index in [9.17, 15) is 0 Å². The maximum absolute atomic E-state index is 4.98. The highest BCUT2D eigenvalue weighted by atomic mass is 16.5. The van der Waals surface area contributed by atoms with Crippen LogP contribution >= 0.6 is 0 Å². The van der Waals surface area contributed by atoms with Gasteiger partial charge in [-0.3, -0.25) is 0 Å². The molecule has 1 aromatic rings. The van der Waals surface area contributed by atoms with E-state index >= 15 is 0 Å². The quantitative estimate of drug-likeness (QED) is 0.816. The summed E-state index contributed by atoms with van der Waals surface area (Å²) in [6.07, 6.45) is 4.99. The molecule has 5 nitrogen and oxygen atoms in total. The molecule has 3 rings (SSSR count). The van der Waals surface area contributed by atoms with Gasteiger partial charge >= 0.3 is 0 Å². The summed E-state index contributed by atoms with van der Waals surface area (Å²) in [7, 11) is 0. The van der Waals surface area contributed by atoms with Crippen molar-refractivity contribution in [2.75, 3.05) is 26.2 Å². The lowest BCUT2D eigenvalue weighted by Gasteiger charge is -2.15. The van der Waals surface area contributed by atoms with E-state index in [-0.39, 0.29) is 0 Å². The summed E-state index contributed by atoms with van der Waals surface area (Å²) in [5.74, 6) is 2.34. The van der Waals surface area contributed by atoms with Crippen LogP contribution in [0, 0.1) is 12.8 Å². The lowest BCUT2D eigenvalue weighted by molar-refractivity contribution is 0.319. The van der Waals surface area contributed by atoms with Crippen molar-refractivity contribution in [1.82, 2.24) is 20.4 Å². The van der Waals surface area contributed by atoms with Gasteiger partial charge < -0.3 is 14.7 Å². The summed E-state index contributed by atoms with van der Waals surface area (Å²) in [6.45, 7) is 6.53. The highest BCUT2D eigenvalue weighted by Crippen LogP contribution is 2.21. The van der Waals surface area contributed by atoms with E-state index in [1.807, 2.05) is 6.92 Å². The predicted molar refractivity (Wildman–Crippen MR) is 68.3 cm³/mol. The van der Waals surface area contributed by atoms with Crippen LogP contribution in [-0.4, -0.2) is 47.3 Å². The molecule has 2 heterocycles. The molecule has 0 bridgehead atoms. The molecule has 0 aromatic carbocycles. The second-order valence-electron chi connectivity index (χ2n) is 5.62. The highest BCUT2D eigenvalue weighted by Gasteiger charge is 2.26. The average Bonchev–Trinajstić information content (AvgIpc) is 2.93. The zero-order valence-electron chi connectivity index (χ0n) is 11.1. The van der Waals surface area contributed by atoms with E-state index < -0.39 is 0 Å². The molecule has 1 atom stereocenters. The van der Waals surface area contributed by atoms with Crippen molar-refractivity contribution >= 4 is 0 Å². The largest absolute Gasteiger partial charge is 0.340 e. The predicted octanol–water partition coefficient (Wildman–Crippen LogP) is 0.994. The van der Waals surface area contributed by atoms with Crippen LogP contribution in [0.5, 0.6) is 0 Å². The minimum absolute atomic E-state index is 0.665. The van der Waals surface area contributed by atoms with Crippen LogP contribution in [-0.2, 0) is 6.42 Å². The Morgan fingerprint density at radius 2 is 2.28 bits per heavy atom. The van der Waals surface area contributed by atoms with E-state index in [2.05, 4.69) is 20.4 Å². The lowest BCUT2D eigenvalue weighted by atomic mass is 10.1. The van der Waals surface area contributed by atoms with Crippen LogP contribution in [0.25, 0.3) is 0 Å². The van der Waals surface area contributed by atoms with Gasteiger partial charge in [0.1, 0.15) is 0 Å². The second kappa shape index (κ2) is 5.36. The number of likely N-dealkylation sites (tertiary alicyclic amines) is 1. The molecule has 1 N–H and O–H groups in total. The van der Waals surface area contributed by atoms with Gasteiger partial charge in [0, 0.05) is 32.5 Å². The molecular weight excluding hydrogens is 228 g/mol. The van der Waals surface area contributed by atoms with Crippen LogP contribution in [0.3, 0.4) is 0 Å². The Kier molecular flexibility index (Phi) is 3.61. The first-order valence-electron chi connectivity index (χ1n) is 7.04. The monoisotopic (exact) mass is 250 g/mol. The molecule has 18 heavy (non-hydrogen) atoms. The Bertz CT molecular complexity index is 388. The number of nitrogens with one attached hydrogen (secondary N) is 1. The van der Waals surface area contributed by atoms with Crippen LogP contribution in [0.1, 0.15) is 31.0 Å². The standard InChI is InChI=1S/C13H22N4O/c1-10-15-13(16-18-10)5-7-17-6-4-11(9-17)8-14-12-2-3-12/h11-12,14H,2-9H2,1H3. The molecule has 2 aliphatic rings. The normalized spacial score (nSPS) is 24.8. The molecule has 5 heteroatoms. The van der Waals surface area contributed by atoms with E-state index in [4.69, 9.17) is 4.52 Å². The maximum atomic E-state index is 4.98. The Balaban J connectivity index is 1.36. The number of rotatable bonds is 6. The van der Waals surface area contributed by atoms with Crippen molar-refractivity contribution in [3.05, 3.63) is 11.7 Å². The fraction of sp³-hybridized carbons (Fsp3) is 0.846. The summed E-state index contributed by atoms with van der Waals surface area (Å²) < 4.78 is 4.98. The number of hydrogen-bond donors (Lipinski definition) is 1. The average molecular weight is 250 g/mol. The third-order valence-corrected chi connectivity index (χ3v) is 3.86. The van der Waals surface area contributed by atoms with Crippen molar-refractivity contribution in [2.24, 2.45) is 5.92 Å². The SMILES string of the molecule is Cc1nc(CCN2CCC(CNC3CC3)C2)no1. The molecule has 1 aliphatic carbocycles. The first-order valence-corrected chi connectivity index (χ1v) is 7.04. The summed E-state index contributed by atoms with van der Waals surface area (Å²) in [4.78, 5) is 6.76. The van der Waals surface area contributed by atoms with Gasteiger partial charge in [-0.2, -0.15) is 4.98 Å². The minimum atomic E-state index is 0.665. The highest BCUT2D eigenvalue weighted by molar-refractivity contribution is 4.88. The van der Waals surface area contributed by atoms with Crippen molar-refractivity contribution in [3.8, 4) is 0 Å². The maximum Gasteiger partial charge on any atom is 0.223 e. The van der Waals surface area contributed by atoms with Gasteiger partial charge in [0.15, 0.2) is 5.82 Å². The van der Waals surface area contributed by atoms with Gasteiger partial charge in [0.25, 0.3) is 0 Å². The third-order valence-electron chi connectivity index (χ3n) is 3.86. The van der Waals surface area contributed by atoms with Gasteiger partial charge in [-0.25, -0.2) is 0 Å². The first-order chi connectivity index (χ1) is 8.79. The molecule has 2 fully saturated rings. The fourth-order valence-corrected chi connectivity index (χ4v) is 2.60. The summed E-state index contributed by atoms with van der Waals surface area (Å²) in [6, 6.07) is 0.835. The Morgan fingerprint density at radius 1 is 1.39 bits per heavy atom. The molecule has 1 aromatic heterocycles. The van der Waals surface area contributed by atoms with E-state index in [0.29, 0.717) is 5.89 Å². The molecule has 1 aliphatic heterocycles. The number of aryl methyl sites for hydroxylation is 1. The zero-order valence-corrected chi connectivity index (χ0v) is 11.1. The van der Waals surface area contributed by atoms with Gasteiger partial charge in [0.2, 0.25) is 5.89 Å². The van der Waals surface area contributed by atoms with E-state index in [1.165, 1.54) is 38.9 Å². The fourth-order valence-electron chi connectivity index (χ4n) is 2.60. The topological polar surface area (TPSA) is 54.2 Å². The summed E-state index contributed by atoms with van der Waals surface area (Å²) in [5, 5.41) is 7.57. The molecule has 0 amide bonds. The lowest BCUT2D eigenvalue weighted by Crippen LogP contribution is -2.28. The van der Waals surface area contributed by atoms with Crippen molar-refractivity contribution in [2.45, 2.75) is 38.6 Å². The van der Waals surface area contributed by atoms with Gasteiger partial charge in [-0.1, -0.05) is 5.16 Å². The third kappa shape index (κ3) is 3.29. The number of hydrogen-bond acceptors (Lipinski definition) is 5. The van der Waals surface area contributed by atoms with E-state index in [1.54, 1.807) is 0 Å². The summed E-state index contributed by atoms with van der Waals surface area (Å²) >= 11 is 0. The Labute approximate surface area is 108 Å². The number of aromatic nitrogens is 2. The zero-order chi connectivity index (χ0) is 12.4. The smallest absolute Gasteiger partial charge is 0.223 e. The number of nitrogens with zero attached hydrogens (tertiary/aromatic N) is 3. The molecule has 1 saturated heterocycles. The van der Waals surface area contributed by atoms with Crippen molar-refractivity contribution in [1.29, 1.82) is 0 Å². The molecule has 0 spiro atoms. The minimum Gasteiger partial charge on any atom is -0.340 e. The Morgan fingerprint density at radius 3 is 3.00 bits per heavy atom. The van der Waals surface area contributed by atoms with Crippen LogP contribution in [0.15, 0.2) is 4.52 Å². The molecule has 0 radical (unpaired) electrons. The summed E-state index contributed by atoms with van der Waals surface area (Å²) in [5.41, 5.74) is 0. The molecule has 1 unspecified atom stereocenters. The van der Waals surface area contributed by atoms with Gasteiger partial charge in [0.05, 0.1) is 0 Å².